The predicted molar refractivity (Wildman–Crippen MR) is 79.2 cm³/mol. The van der Waals surface area contributed by atoms with Gasteiger partial charge in [0, 0.05) is 0 Å². The van der Waals surface area contributed by atoms with Crippen LogP contribution in [0.4, 0.5) is 0 Å². The summed E-state index contributed by atoms with van der Waals surface area (Å²) in [6.45, 7) is -0.127. The van der Waals surface area contributed by atoms with Crippen molar-refractivity contribution < 1.29 is 20.3 Å². The van der Waals surface area contributed by atoms with Gasteiger partial charge in [-0.1, -0.05) is 36.4 Å². The van der Waals surface area contributed by atoms with Crippen molar-refractivity contribution in [2.24, 2.45) is 0 Å². The van der Waals surface area contributed by atoms with Crippen molar-refractivity contribution >= 4 is 24.7 Å². The number of hydrogen-bond acceptors (Lipinski definition) is 4. The molecule has 0 bridgehead atoms. The third kappa shape index (κ3) is 3.71. The van der Waals surface area contributed by atoms with Crippen LogP contribution in [0.25, 0.3) is 12.2 Å². The van der Waals surface area contributed by atoms with Crippen LogP contribution in [0.1, 0.15) is 16.7 Å². The van der Waals surface area contributed by atoms with Gasteiger partial charge >= 0.3 is 7.12 Å². The maximum atomic E-state index is 9.52. The zero-order chi connectivity index (χ0) is 14.5. The van der Waals surface area contributed by atoms with E-state index in [2.05, 4.69) is 0 Å². The SMILES string of the molecule is OCc1cc(O)cc(C=Cc2ccc(B(O)O)cc2)c1. The average molecular weight is 270 g/mol. The summed E-state index contributed by atoms with van der Waals surface area (Å²) in [5.74, 6) is 0.106. The Bertz CT molecular complexity index is 606. The molecule has 0 fully saturated rings. The third-order valence-electron chi connectivity index (χ3n) is 2.89. The molecule has 2 aromatic rings. The Kier molecular flexibility index (Phi) is 4.58. The van der Waals surface area contributed by atoms with E-state index in [1.54, 1.807) is 36.4 Å². The van der Waals surface area contributed by atoms with Crippen LogP contribution in [0.5, 0.6) is 5.75 Å². The lowest BCUT2D eigenvalue weighted by molar-refractivity contribution is 0.281. The number of aliphatic hydroxyl groups is 1. The summed E-state index contributed by atoms with van der Waals surface area (Å²) in [6.07, 6.45) is 3.65. The Morgan fingerprint density at radius 1 is 0.900 bits per heavy atom. The molecule has 0 aliphatic carbocycles. The minimum absolute atomic E-state index is 0.106. The summed E-state index contributed by atoms with van der Waals surface area (Å²) in [6, 6.07) is 11.7. The van der Waals surface area contributed by atoms with Crippen LogP contribution in [0, 0.1) is 0 Å². The number of hydrogen-bond donors (Lipinski definition) is 4. The van der Waals surface area contributed by atoms with Crippen molar-refractivity contribution in [2.75, 3.05) is 0 Å². The van der Waals surface area contributed by atoms with Gasteiger partial charge in [0.2, 0.25) is 0 Å². The maximum absolute atomic E-state index is 9.52. The molecule has 4 N–H and O–H groups in total. The van der Waals surface area contributed by atoms with Gasteiger partial charge in [-0.15, -0.1) is 0 Å². The van der Waals surface area contributed by atoms with Crippen LogP contribution in [0.3, 0.4) is 0 Å². The molecule has 0 saturated carbocycles. The average Bonchev–Trinajstić information content (AvgIpc) is 2.45. The number of rotatable bonds is 4. The van der Waals surface area contributed by atoms with E-state index in [9.17, 15) is 5.11 Å². The summed E-state index contributed by atoms with van der Waals surface area (Å²) >= 11 is 0. The Hall–Kier alpha value is -2.08. The second-order valence-corrected chi connectivity index (χ2v) is 4.46. The standard InChI is InChI=1S/C15H15BO4/c17-10-13-7-12(8-15(18)9-13)2-1-11-3-5-14(6-4-11)16(19)20/h1-9,17-20H,10H2. The molecule has 4 nitrogen and oxygen atoms in total. The van der Waals surface area contributed by atoms with Gasteiger partial charge in [0.15, 0.2) is 0 Å². The molecule has 0 aromatic heterocycles. The van der Waals surface area contributed by atoms with E-state index in [1.165, 1.54) is 6.07 Å². The molecule has 2 rings (SSSR count). The second kappa shape index (κ2) is 6.39. The van der Waals surface area contributed by atoms with Crippen LogP contribution in [0.2, 0.25) is 0 Å². The lowest BCUT2D eigenvalue weighted by atomic mass is 9.80. The van der Waals surface area contributed by atoms with Crippen molar-refractivity contribution in [3.63, 3.8) is 0 Å². The summed E-state index contributed by atoms with van der Waals surface area (Å²) in [7, 11) is -1.47. The van der Waals surface area contributed by atoms with Gasteiger partial charge in [-0.25, -0.2) is 0 Å². The quantitative estimate of drug-likeness (QED) is 0.488. The highest BCUT2D eigenvalue weighted by Crippen LogP contribution is 2.18. The highest BCUT2D eigenvalue weighted by molar-refractivity contribution is 6.58. The summed E-state index contributed by atoms with van der Waals surface area (Å²) in [5.41, 5.74) is 2.74. The second-order valence-electron chi connectivity index (χ2n) is 4.46. The van der Waals surface area contributed by atoms with Crippen LogP contribution < -0.4 is 5.46 Å². The summed E-state index contributed by atoms with van der Waals surface area (Å²) in [4.78, 5) is 0. The molecule has 0 heterocycles. The van der Waals surface area contributed by atoms with Crippen molar-refractivity contribution in [1.29, 1.82) is 0 Å². The maximum Gasteiger partial charge on any atom is 0.488 e. The van der Waals surface area contributed by atoms with Crippen LogP contribution >= 0.6 is 0 Å². The molecule has 2 aromatic carbocycles. The van der Waals surface area contributed by atoms with Gasteiger partial charge in [-0.3, -0.25) is 0 Å². The molecule has 0 aliphatic rings. The highest BCUT2D eigenvalue weighted by atomic mass is 16.4. The monoisotopic (exact) mass is 270 g/mol. The van der Waals surface area contributed by atoms with Gasteiger partial charge in [-0.2, -0.15) is 0 Å². The van der Waals surface area contributed by atoms with E-state index in [0.717, 1.165) is 11.1 Å². The molecule has 0 amide bonds. The van der Waals surface area contributed by atoms with Crippen molar-refractivity contribution in [3.8, 4) is 5.75 Å². The number of aliphatic hydroxyl groups excluding tert-OH is 1. The van der Waals surface area contributed by atoms with Gasteiger partial charge < -0.3 is 20.3 Å². The fraction of sp³-hybridized carbons (Fsp3) is 0.0667. The molecule has 102 valence electrons. The van der Waals surface area contributed by atoms with Crippen LogP contribution in [-0.2, 0) is 6.61 Å². The first-order valence-electron chi connectivity index (χ1n) is 6.16. The number of aromatic hydroxyl groups is 1. The van der Waals surface area contributed by atoms with E-state index in [1.807, 2.05) is 12.2 Å². The first kappa shape index (κ1) is 14.3. The fourth-order valence-corrected chi connectivity index (χ4v) is 1.86. The molecule has 20 heavy (non-hydrogen) atoms. The molecule has 5 heteroatoms. The van der Waals surface area contributed by atoms with Gasteiger partial charge in [0.05, 0.1) is 6.61 Å². The minimum Gasteiger partial charge on any atom is -0.508 e. The van der Waals surface area contributed by atoms with Crippen molar-refractivity contribution in [2.45, 2.75) is 6.61 Å². The summed E-state index contributed by atoms with van der Waals surface area (Å²) in [5, 5.41) is 36.6. The van der Waals surface area contributed by atoms with E-state index in [-0.39, 0.29) is 12.4 Å². The Morgan fingerprint density at radius 2 is 1.55 bits per heavy atom. The normalized spacial score (nSPS) is 10.9. The van der Waals surface area contributed by atoms with Crippen molar-refractivity contribution in [1.82, 2.24) is 0 Å². The van der Waals surface area contributed by atoms with E-state index in [4.69, 9.17) is 15.2 Å². The lowest BCUT2D eigenvalue weighted by Crippen LogP contribution is -2.29. The minimum atomic E-state index is -1.47. The highest BCUT2D eigenvalue weighted by Gasteiger charge is 2.08. The van der Waals surface area contributed by atoms with Gasteiger partial charge in [-0.05, 0) is 40.4 Å². The Labute approximate surface area is 117 Å². The molecule has 0 unspecified atom stereocenters. The van der Waals surface area contributed by atoms with Gasteiger partial charge in [0.1, 0.15) is 5.75 Å². The molecule has 0 saturated heterocycles. The predicted octanol–water partition coefficient (Wildman–Crippen LogP) is 0.735. The molecule has 0 radical (unpaired) electrons. The zero-order valence-electron chi connectivity index (χ0n) is 10.8. The van der Waals surface area contributed by atoms with Crippen LogP contribution in [0.15, 0.2) is 42.5 Å². The molecule has 0 spiro atoms. The topological polar surface area (TPSA) is 80.9 Å². The molecular formula is C15H15BO4. The molecule has 0 aliphatic heterocycles. The van der Waals surface area contributed by atoms with Crippen LogP contribution in [-0.4, -0.2) is 27.4 Å². The third-order valence-corrected chi connectivity index (χ3v) is 2.89. The molecular weight excluding hydrogens is 255 g/mol. The largest absolute Gasteiger partial charge is 0.508 e. The Morgan fingerprint density at radius 3 is 2.15 bits per heavy atom. The molecule has 0 atom stereocenters. The van der Waals surface area contributed by atoms with E-state index < -0.39 is 7.12 Å². The smallest absolute Gasteiger partial charge is 0.488 e. The van der Waals surface area contributed by atoms with E-state index in [0.29, 0.717) is 11.0 Å². The lowest BCUT2D eigenvalue weighted by Gasteiger charge is -2.02. The summed E-state index contributed by atoms with van der Waals surface area (Å²) < 4.78 is 0. The number of phenolic OH excluding ortho intramolecular Hbond substituents is 1. The van der Waals surface area contributed by atoms with E-state index >= 15 is 0 Å². The van der Waals surface area contributed by atoms with Gasteiger partial charge in [0.25, 0.3) is 0 Å². The zero-order valence-corrected chi connectivity index (χ0v) is 10.8. The fourth-order valence-electron chi connectivity index (χ4n) is 1.86. The number of phenols is 1. The first-order chi connectivity index (χ1) is 9.58. The van der Waals surface area contributed by atoms with Crippen molar-refractivity contribution in [3.05, 3.63) is 59.2 Å². The Balaban J connectivity index is 2.18. The first-order valence-corrected chi connectivity index (χ1v) is 6.16. The number of benzene rings is 2.